The molecule has 0 atom stereocenters. The first-order valence-corrected chi connectivity index (χ1v) is 7.64. The van der Waals surface area contributed by atoms with Crippen molar-refractivity contribution in [2.24, 2.45) is 0 Å². The van der Waals surface area contributed by atoms with E-state index in [0.717, 1.165) is 29.7 Å². The third-order valence-corrected chi connectivity index (χ3v) is 3.47. The Morgan fingerprint density at radius 3 is 2.22 bits per heavy atom. The molecule has 0 spiro atoms. The van der Waals surface area contributed by atoms with E-state index in [-0.39, 0.29) is 11.3 Å². The molecule has 0 fully saturated rings. The van der Waals surface area contributed by atoms with Crippen molar-refractivity contribution in [3.8, 4) is 5.75 Å². The van der Waals surface area contributed by atoms with Gasteiger partial charge in [0, 0.05) is 10.9 Å². The van der Waals surface area contributed by atoms with Crippen LogP contribution in [0, 0.1) is 0 Å². The monoisotopic (exact) mass is 375 g/mol. The number of hydrogen-bond donors (Lipinski definition) is 2. The summed E-state index contributed by atoms with van der Waals surface area (Å²) in [7, 11) is 0. The van der Waals surface area contributed by atoms with Crippen LogP contribution in [-0.4, -0.2) is 23.2 Å². The Bertz CT molecular complexity index is 988. The number of carbonyl (C=O) groups excluding carboxylic acids is 2. The molecular weight excluding hydrogens is 363 g/mol. The van der Waals surface area contributed by atoms with Crippen molar-refractivity contribution in [2.75, 3.05) is 0 Å². The SMILES string of the molecule is O=C(NNC(=O)c1ccc2ccccc2n1)c1ccc(OC(F)(F)F)cc1. The normalized spacial score (nSPS) is 11.1. The lowest BCUT2D eigenvalue weighted by atomic mass is 10.2. The molecule has 0 saturated carbocycles. The number of nitrogens with one attached hydrogen (secondary N) is 2. The summed E-state index contributed by atoms with van der Waals surface area (Å²) < 4.78 is 40.1. The predicted molar refractivity (Wildman–Crippen MR) is 89.8 cm³/mol. The molecule has 0 bridgehead atoms. The third-order valence-electron chi connectivity index (χ3n) is 3.47. The molecule has 6 nitrogen and oxygen atoms in total. The summed E-state index contributed by atoms with van der Waals surface area (Å²) in [5.41, 5.74) is 5.13. The minimum atomic E-state index is -4.81. The fraction of sp³-hybridized carbons (Fsp3) is 0.0556. The number of halogens is 3. The van der Waals surface area contributed by atoms with E-state index in [9.17, 15) is 22.8 Å². The maximum Gasteiger partial charge on any atom is 0.573 e. The molecule has 3 rings (SSSR count). The van der Waals surface area contributed by atoms with Crippen molar-refractivity contribution >= 4 is 22.7 Å². The zero-order chi connectivity index (χ0) is 19.4. The second-order valence-corrected chi connectivity index (χ2v) is 5.37. The highest BCUT2D eigenvalue weighted by atomic mass is 19.4. The number of rotatable bonds is 3. The Balaban J connectivity index is 1.61. The Hall–Kier alpha value is -3.62. The summed E-state index contributed by atoms with van der Waals surface area (Å²) in [6.07, 6.45) is -4.81. The van der Waals surface area contributed by atoms with Gasteiger partial charge in [-0.1, -0.05) is 24.3 Å². The lowest BCUT2D eigenvalue weighted by Crippen LogP contribution is -2.41. The van der Waals surface area contributed by atoms with Crippen molar-refractivity contribution in [1.29, 1.82) is 0 Å². The lowest BCUT2D eigenvalue weighted by molar-refractivity contribution is -0.274. The van der Waals surface area contributed by atoms with E-state index in [1.54, 1.807) is 18.2 Å². The fourth-order valence-corrected chi connectivity index (χ4v) is 2.25. The number of alkyl halides is 3. The van der Waals surface area contributed by atoms with Crippen LogP contribution in [0.1, 0.15) is 20.8 Å². The van der Waals surface area contributed by atoms with Crippen LogP contribution in [0.3, 0.4) is 0 Å². The average molecular weight is 375 g/mol. The molecule has 9 heteroatoms. The van der Waals surface area contributed by atoms with Crippen LogP contribution in [0.25, 0.3) is 10.9 Å². The van der Waals surface area contributed by atoms with Crippen LogP contribution in [-0.2, 0) is 0 Å². The first-order chi connectivity index (χ1) is 12.8. The minimum absolute atomic E-state index is 0.0382. The molecule has 2 N–H and O–H groups in total. The van der Waals surface area contributed by atoms with E-state index in [0.29, 0.717) is 5.52 Å². The highest BCUT2D eigenvalue weighted by Crippen LogP contribution is 2.22. The number of hydrazine groups is 1. The number of para-hydroxylation sites is 1. The van der Waals surface area contributed by atoms with E-state index in [1.807, 2.05) is 12.1 Å². The summed E-state index contributed by atoms with van der Waals surface area (Å²) in [4.78, 5) is 28.3. The number of amides is 2. The second-order valence-electron chi connectivity index (χ2n) is 5.37. The number of carbonyl (C=O) groups is 2. The van der Waals surface area contributed by atoms with Gasteiger partial charge in [-0.25, -0.2) is 4.98 Å². The average Bonchev–Trinajstić information content (AvgIpc) is 2.64. The largest absolute Gasteiger partial charge is 0.573 e. The van der Waals surface area contributed by atoms with Crippen LogP contribution in [0.5, 0.6) is 5.75 Å². The molecule has 0 aliphatic heterocycles. The Labute approximate surface area is 150 Å². The van der Waals surface area contributed by atoms with E-state index in [1.165, 1.54) is 6.07 Å². The van der Waals surface area contributed by atoms with Gasteiger partial charge in [0.15, 0.2) is 0 Å². The van der Waals surface area contributed by atoms with Gasteiger partial charge in [-0.05, 0) is 36.4 Å². The number of nitrogens with zero attached hydrogens (tertiary/aromatic N) is 1. The number of ether oxygens (including phenoxy) is 1. The first kappa shape index (κ1) is 18.2. The molecule has 1 aromatic heterocycles. The van der Waals surface area contributed by atoms with Crippen LogP contribution in [0.15, 0.2) is 60.7 Å². The predicted octanol–water partition coefficient (Wildman–Crippen LogP) is 3.21. The number of benzene rings is 2. The van der Waals surface area contributed by atoms with Gasteiger partial charge in [0.25, 0.3) is 11.8 Å². The lowest BCUT2D eigenvalue weighted by Gasteiger charge is -2.10. The van der Waals surface area contributed by atoms with Crippen LogP contribution in [0.4, 0.5) is 13.2 Å². The summed E-state index contributed by atoms with van der Waals surface area (Å²) in [6.45, 7) is 0. The zero-order valence-electron chi connectivity index (χ0n) is 13.6. The van der Waals surface area contributed by atoms with Gasteiger partial charge in [-0.3, -0.25) is 20.4 Å². The van der Waals surface area contributed by atoms with E-state index < -0.39 is 23.9 Å². The highest BCUT2D eigenvalue weighted by Gasteiger charge is 2.31. The fourth-order valence-electron chi connectivity index (χ4n) is 2.25. The summed E-state index contributed by atoms with van der Waals surface area (Å²) >= 11 is 0. The molecule has 3 aromatic rings. The van der Waals surface area contributed by atoms with Crippen molar-refractivity contribution in [2.45, 2.75) is 6.36 Å². The molecule has 27 heavy (non-hydrogen) atoms. The van der Waals surface area contributed by atoms with Gasteiger partial charge in [0.05, 0.1) is 5.52 Å². The molecule has 0 radical (unpaired) electrons. The molecular formula is C18H12F3N3O3. The zero-order valence-corrected chi connectivity index (χ0v) is 13.6. The van der Waals surface area contributed by atoms with E-state index in [4.69, 9.17) is 0 Å². The van der Waals surface area contributed by atoms with Crippen LogP contribution in [0.2, 0.25) is 0 Å². The molecule has 0 unspecified atom stereocenters. The van der Waals surface area contributed by atoms with Crippen molar-refractivity contribution < 1.29 is 27.5 Å². The van der Waals surface area contributed by atoms with Crippen LogP contribution < -0.4 is 15.6 Å². The summed E-state index contributed by atoms with van der Waals surface area (Å²) in [5.74, 6) is -1.79. The van der Waals surface area contributed by atoms with E-state index >= 15 is 0 Å². The van der Waals surface area contributed by atoms with Crippen molar-refractivity contribution in [3.63, 3.8) is 0 Å². The molecule has 0 aliphatic carbocycles. The second kappa shape index (κ2) is 7.32. The van der Waals surface area contributed by atoms with Gasteiger partial charge in [-0.15, -0.1) is 13.2 Å². The Morgan fingerprint density at radius 2 is 1.52 bits per heavy atom. The number of hydrogen-bond acceptors (Lipinski definition) is 4. The summed E-state index contributed by atoms with van der Waals surface area (Å²) in [5, 5.41) is 0.860. The highest BCUT2D eigenvalue weighted by molar-refractivity contribution is 5.99. The van der Waals surface area contributed by atoms with Crippen molar-refractivity contribution in [1.82, 2.24) is 15.8 Å². The van der Waals surface area contributed by atoms with Crippen LogP contribution >= 0.6 is 0 Å². The molecule has 0 saturated heterocycles. The minimum Gasteiger partial charge on any atom is -0.406 e. The van der Waals surface area contributed by atoms with Gasteiger partial charge in [-0.2, -0.15) is 0 Å². The van der Waals surface area contributed by atoms with Gasteiger partial charge < -0.3 is 4.74 Å². The molecule has 138 valence electrons. The molecule has 2 aromatic carbocycles. The quantitative estimate of drug-likeness (QED) is 0.689. The maximum absolute atomic E-state index is 12.1. The topological polar surface area (TPSA) is 80.3 Å². The number of fused-ring (bicyclic) bond motifs is 1. The summed E-state index contributed by atoms with van der Waals surface area (Å²) in [6, 6.07) is 14.7. The Kier molecular flexibility index (Phi) is 4.93. The number of aromatic nitrogens is 1. The molecule has 0 aliphatic rings. The van der Waals surface area contributed by atoms with Crippen molar-refractivity contribution in [3.05, 3.63) is 71.9 Å². The first-order valence-electron chi connectivity index (χ1n) is 7.64. The third kappa shape index (κ3) is 4.72. The maximum atomic E-state index is 12.1. The van der Waals surface area contributed by atoms with E-state index in [2.05, 4.69) is 20.6 Å². The van der Waals surface area contributed by atoms with Gasteiger partial charge >= 0.3 is 6.36 Å². The molecule has 2 amide bonds. The smallest absolute Gasteiger partial charge is 0.406 e. The van der Waals surface area contributed by atoms with Gasteiger partial charge in [0.2, 0.25) is 0 Å². The standard InChI is InChI=1S/C18H12F3N3O3/c19-18(20,21)27-13-8-5-12(6-9-13)16(25)23-24-17(26)15-10-7-11-3-1-2-4-14(11)22-15/h1-10H,(H,23,25)(H,24,26). The molecule has 1 heterocycles. The number of pyridine rings is 1. The Morgan fingerprint density at radius 1 is 0.852 bits per heavy atom. The van der Waals surface area contributed by atoms with Gasteiger partial charge in [0.1, 0.15) is 11.4 Å².